The molecule has 106 valence electrons. The molecule has 0 saturated carbocycles. The number of carbonyl (C=O) groups is 1. The van der Waals surface area contributed by atoms with Gasteiger partial charge in [0.1, 0.15) is 6.29 Å². The number of hydrogen-bond donors (Lipinski definition) is 0. The number of likely N-dealkylation sites (tertiary alicyclic amines) is 1. The Labute approximate surface area is 111 Å². The summed E-state index contributed by atoms with van der Waals surface area (Å²) in [5, 5.41) is 0. The summed E-state index contributed by atoms with van der Waals surface area (Å²) in [5.74, 6) is 0. The molecule has 1 aliphatic heterocycles. The zero-order valence-electron chi connectivity index (χ0n) is 11.1. The topological polar surface area (TPSA) is 20.3 Å². The predicted molar refractivity (Wildman–Crippen MR) is 68.2 cm³/mol. The van der Waals surface area contributed by atoms with Gasteiger partial charge in [-0.2, -0.15) is 13.2 Å². The zero-order chi connectivity index (χ0) is 14.5. The first kappa shape index (κ1) is 15.7. The fourth-order valence-corrected chi connectivity index (χ4v) is 1.87. The van der Waals surface area contributed by atoms with Crippen molar-refractivity contribution in [3.63, 3.8) is 0 Å². The molecule has 0 bridgehead atoms. The summed E-state index contributed by atoms with van der Waals surface area (Å²) in [6.45, 7) is 3.59. The molecule has 19 heavy (non-hydrogen) atoms. The molecule has 0 spiro atoms. The Morgan fingerprint density at radius 2 is 2.05 bits per heavy atom. The molecular formula is C14H18F3NO. The van der Waals surface area contributed by atoms with Crippen molar-refractivity contribution in [1.29, 1.82) is 0 Å². The summed E-state index contributed by atoms with van der Waals surface area (Å²) >= 11 is 0. The third-order valence-corrected chi connectivity index (χ3v) is 3.24. The summed E-state index contributed by atoms with van der Waals surface area (Å²) < 4.78 is 36.0. The number of rotatable bonds is 1. The summed E-state index contributed by atoms with van der Waals surface area (Å²) in [6.07, 6.45) is -1.19. The van der Waals surface area contributed by atoms with Gasteiger partial charge in [-0.1, -0.05) is 12.1 Å². The minimum absolute atomic E-state index is 0.0322. The van der Waals surface area contributed by atoms with Crippen LogP contribution in [0.5, 0.6) is 0 Å². The summed E-state index contributed by atoms with van der Waals surface area (Å²) in [6, 6.07) is 5.11. The second kappa shape index (κ2) is 6.70. The van der Waals surface area contributed by atoms with Crippen LogP contribution >= 0.6 is 0 Å². The van der Waals surface area contributed by atoms with Crippen molar-refractivity contribution in [2.45, 2.75) is 32.0 Å². The Balaban J connectivity index is 0.000000218. The number of carbonyl (C=O) groups excluding carboxylic acids is 1. The van der Waals surface area contributed by atoms with Crippen molar-refractivity contribution >= 4 is 6.29 Å². The first-order valence-corrected chi connectivity index (χ1v) is 6.17. The Bertz CT molecular complexity index is 409. The van der Waals surface area contributed by atoms with E-state index in [0.29, 0.717) is 6.29 Å². The van der Waals surface area contributed by atoms with Crippen LogP contribution in [0.3, 0.4) is 0 Å². The average molecular weight is 273 g/mol. The third kappa shape index (κ3) is 5.03. The van der Waals surface area contributed by atoms with Crippen molar-refractivity contribution in [3.8, 4) is 0 Å². The number of nitrogens with zero attached hydrogens (tertiary/aromatic N) is 1. The fraction of sp³-hybridized carbons (Fsp3) is 0.500. The van der Waals surface area contributed by atoms with Crippen molar-refractivity contribution in [1.82, 2.24) is 4.90 Å². The Morgan fingerprint density at radius 3 is 2.42 bits per heavy atom. The molecule has 1 aromatic rings. The Hall–Kier alpha value is -1.36. The van der Waals surface area contributed by atoms with Crippen LogP contribution in [-0.4, -0.2) is 30.8 Å². The van der Waals surface area contributed by atoms with Crippen LogP contribution in [0.1, 0.15) is 35.7 Å². The van der Waals surface area contributed by atoms with Gasteiger partial charge < -0.3 is 4.90 Å². The molecule has 0 amide bonds. The molecule has 1 atom stereocenters. The lowest BCUT2D eigenvalue weighted by atomic mass is 10.1. The van der Waals surface area contributed by atoms with Crippen LogP contribution in [0.15, 0.2) is 24.3 Å². The quantitative estimate of drug-likeness (QED) is 0.728. The standard InChI is InChI=1S/C8H5F3O.C6H13N/c9-8(10,11)7-3-1-2-6(4-7)5-12;1-6-4-3-5-7(6)2/h1-5H;6H,3-5H2,1-2H3. The van der Waals surface area contributed by atoms with Crippen LogP contribution in [-0.2, 0) is 6.18 Å². The van der Waals surface area contributed by atoms with E-state index in [1.54, 1.807) is 0 Å². The van der Waals surface area contributed by atoms with E-state index >= 15 is 0 Å². The molecule has 1 aliphatic rings. The van der Waals surface area contributed by atoms with Gasteiger partial charge in [0.25, 0.3) is 0 Å². The second-order valence-electron chi connectivity index (χ2n) is 4.71. The summed E-state index contributed by atoms with van der Waals surface area (Å²) in [7, 11) is 2.19. The number of halogens is 3. The molecule has 5 heteroatoms. The van der Waals surface area contributed by atoms with Crippen LogP contribution in [0.25, 0.3) is 0 Å². The smallest absolute Gasteiger partial charge is 0.304 e. The largest absolute Gasteiger partial charge is 0.416 e. The highest BCUT2D eigenvalue weighted by Gasteiger charge is 2.30. The van der Waals surface area contributed by atoms with Crippen molar-refractivity contribution < 1.29 is 18.0 Å². The molecule has 1 saturated heterocycles. The Morgan fingerprint density at radius 1 is 1.37 bits per heavy atom. The highest BCUT2D eigenvalue weighted by Crippen LogP contribution is 2.29. The van der Waals surface area contributed by atoms with Gasteiger partial charge in [-0.05, 0) is 45.5 Å². The SMILES string of the molecule is CC1CCCN1C.O=Cc1cccc(C(F)(F)F)c1. The molecule has 2 nitrogen and oxygen atoms in total. The number of alkyl halides is 3. The first-order valence-electron chi connectivity index (χ1n) is 6.17. The maximum absolute atomic E-state index is 12.0. The van der Waals surface area contributed by atoms with Crippen molar-refractivity contribution in [2.24, 2.45) is 0 Å². The van der Waals surface area contributed by atoms with Crippen molar-refractivity contribution in [3.05, 3.63) is 35.4 Å². The summed E-state index contributed by atoms with van der Waals surface area (Å²) in [4.78, 5) is 12.5. The lowest BCUT2D eigenvalue weighted by molar-refractivity contribution is -0.137. The maximum Gasteiger partial charge on any atom is 0.416 e. The van der Waals surface area contributed by atoms with E-state index in [-0.39, 0.29) is 5.56 Å². The molecule has 2 rings (SSSR count). The third-order valence-electron chi connectivity index (χ3n) is 3.24. The lowest BCUT2D eigenvalue weighted by Crippen LogP contribution is -2.20. The minimum atomic E-state index is -4.38. The van der Waals surface area contributed by atoms with E-state index in [4.69, 9.17) is 0 Å². The van der Waals surface area contributed by atoms with Gasteiger partial charge in [0.15, 0.2) is 0 Å². The van der Waals surface area contributed by atoms with Gasteiger partial charge in [0.05, 0.1) is 5.56 Å². The van der Waals surface area contributed by atoms with E-state index in [9.17, 15) is 18.0 Å². The average Bonchev–Trinajstić information content (AvgIpc) is 2.74. The normalized spacial score (nSPS) is 19.7. The highest BCUT2D eigenvalue weighted by atomic mass is 19.4. The molecule has 0 aliphatic carbocycles. The molecule has 0 radical (unpaired) electrons. The molecular weight excluding hydrogens is 255 g/mol. The molecule has 0 N–H and O–H groups in total. The van der Waals surface area contributed by atoms with Gasteiger partial charge in [-0.25, -0.2) is 0 Å². The van der Waals surface area contributed by atoms with E-state index < -0.39 is 11.7 Å². The fourth-order valence-electron chi connectivity index (χ4n) is 1.87. The van der Waals surface area contributed by atoms with Gasteiger partial charge in [-0.15, -0.1) is 0 Å². The molecule has 1 heterocycles. The highest BCUT2D eigenvalue weighted by molar-refractivity contribution is 5.74. The van der Waals surface area contributed by atoms with Gasteiger partial charge in [0, 0.05) is 11.6 Å². The van der Waals surface area contributed by atoms with Crippen LogP contribution in [0.2, 0.25) is 0 Å². The Kier molecular flexibility index (Phi) is 5.54. The maximum atomic E-state index is 12.0. The van der Waals surface area contributed by atoms with Gasteiger partial charge in [-0.3, -0.25) is 4.79 Å². The van der Waals surface area contributed by atoms with E-state index in [1.165, 1.54) is 31.5 Å². The van der Waals surface area contributed by atoms with Crippen LogP contribution in [0, 0.1) is 0 Å². The molecule has 0 aromatic heterocycles. The van der Waals surface area contributed by atoms with Gasteiger partial charge >= 0.3 is 6.18 Å². The van der Waals surface area contributed by atoms with Gasteiger partial charge in [0.2, 0.25) is 0 Å². The monoisotopic (exact) mass is 273 g/mol. The second-order valence-corrected chi connectivity index (χ2v) is 4.71. The number of hydrogen-bond acceptors (Lipinski definition) is 2. The predicted octanol–water partition coefficient (Wildman–Crippen LogP) is 3.62. The van der Waals surface area contributed by atoms with E-state index in [0.717, 1.165) is 18.2 Å². The summed E-state index contributed by atoms with van der Waals surface area (Å²) in [5.41, 5.74) is -0.767. The molecule has 1 aromatic carbocycles. The number of aldehydes is 1. The number of benzene rings is 1. The molecule has 1 unspecified atom stereocenters. The van der Waals surface area contributed by atoms with Crippen LogP contribution < -0.4 is 0 Å². The lowest BCUT2D eigenvalue weighted by Gasteiger charge is -2.12. The van der Waals surface area contributed by atoms with Crippen molar-refractivity contribution in [2.75, 3.05) is 13.6 Å². The first-order chi connectivity index (χ1) is 8.84. The van der Waals surface area contributed by atoms with E-state index in [2.05, 4.69) is 18.9 Å². The molecule has 1 fully saturated rings. The zero-order valence-corrected chi connectivity index (χ0v) is 11.1. The minimum Gasteiger partial charge on any atom is -0.304 e. The van der Waals surface area contributed by atoms with Crippen LogP contribution in [0.4, 0.5) is 13.2 Å². The van der Waals surface area contributed by atoms with E-state index in [1.807, 2.05) is 0 Å².